The Bertz CT molecular complexity index is 323. The summed E-state index contributed by atoms with van der Waals surface area (Å²) in [6.45, 7) is 8.20. The third kappa shape index (κ3) is 3.08. The van der Waals surface area contributed by atoms with Crippen molar-refractivity contribution >= 4 is 5.91 Å². The molecule has 0 unspecified atom stereocenters. The molecule has 1 N–H and O–H groups in total. The first kappa shape index (κ1) is 11.8. The normalized spacial score (nSPS) is 10.7. The second-order valence-corrected chi connectivity index (χ2v) is 4.00. The minimum Gasteiger partial charge on any atom is -0.361 e. The maximum absolute atomic E-state index is 11.3. The lowest BCUT2D eigenvalue weighted by Crippen LogP contribution is -2.29. The van der Waals surface area contributed by atoms with Gasteiger partial charge in [0.2, 0.25) is 5.91 Å². The van der Waals surface area contributed by atoms with E-state index in [4.69, 9.17) is 4.52 Å². The predicted octanol–water partition coefficient (Wildman–Crippen LogP) is 1.61. The fourth-order valence-corrected chi connectivity index (χ4v) is 1.37. The third-order valence-electron chi connectivity index (χ3n) is 2.38. The minimum absolute atomic E-state index is 0.0367. The lowest BCUT2D eigenvalue weighted by atomic mass is 10.1. The summed E-state index contributed by atoms with van der Waals surface area (Å²) in [6, 6.07) is 0. The molecule has 0 spiro atoms. The molecule has 1 rings (SSSR count). The Morgan fingerprint density at radius 1 is 1.47 bits per heavy atom. The van der Waals surface area contributed by atoms with Gasteiger partial charge in [-0.3, -0.25) is 4.79 Å². The molecular weight excluding hydrogens is 192 g/mol. The molecule has 1 heterocycles. The van der Waals surface area contributed by atoms with Crippen LogP contribution in [0.2, 0.25) is 0 Å². The van der Waals surface area contributed by atoms with Crippen molar-refractivity contribution in [2.24, 2.45) is 5.92 Å². The molecular formula is C11H18N2O2. The summed E-state index contributed by atoms with van der Waals surface area (Å²) in [5.74, 6) is 0.961. The van der Waals surface area contributed by atoms with Gasteiger partial charge in [-0.15, -0.1) is 0 Å². The molecule has 0 fully saturated rings. The van der Waals surface area contributed by atoms with Crippen LogP contribution in [-0.4, -0.2) is 17.6 Å². The van der Waals surface area contributed by atoms with Gasteiger partial charge in [0.25, 0.3) is 0 Å². The number of hydrogen-bond donors (Lipinski definition) is 1. The zero-order valence-corrected chi connectivity index (χ0v) is 9.76. The van der Waals surface area contributed by atoms with Gasteiger partial charge in [0, 0.05) is 18.0 Å². The maximum Gasteiger partial charge on any atom is 0.222 e. The van der Waals surface area contributed by atoms with Crippen LogP contribution in [0.15, 0.2) is 4.52 Å². The fourth-order valence-electron chi connectivity index (χ4n) is 1.37. The van der Waals surface area contributed by atoms with E-state index < -0.39 is 0 Å². The average molecular weight is 210 g/mol. The first-order chi connectivity index (χ1) is 7.02. The second kappa shape index (κ2) is 4.96. The number of aromatic nitrogens is 1. The van der Waals surface area contributed by atoms with Crippen molar-refractivity contribution in [2.75, 3.05) is 6.54 Å². The highest BCUT2D eigenvalue weighted by atomic mass is 16.5. The number of carbonyl (C=O) groups excluding carboxylic acids is 1. The zero-order valence-electron chi connectivity index (χ0n) is 9.76. The number of nitrogens with zero attached hydrogens (tertiary/aromatic N) is 1. The first-order valence-electron chi connectivity index (χ1n) is 5.21. The molecule has 1 aromatic rings. The van der Waals surface area contributed by atoms with Crippen LogP contribution in [0, 0.1) is 19.8 Å². The predicted molar refractivity (Wildman–Crippen MR) is 57.5 cm³/mol. The zero-order chi connectivity index (χ0) is 11.4. The van der Waals surface area contributed by atoms with E-state index in [1.54, 1.807) is 0 Å². The van der Waals surface area contributed by atoms with Gasteiger partial charge in [-0.05, 0) is 20.3 Å². The molecule has 0 aliphatic rings. The highest BCUT2D eigenvalue weighted by Gasteiger charge is 2.10. The number of aryl methyl sites for hydroxylation is 2. The van der Waals surface area contributed by atoms with E-state index in [0.717, 1.165) is 23.4 Å². The molecule has 1 aromatic heterocycles. The summed E-state index contributed by atoms with van der Waals surface area (Å²) in [5.41, 5.74) is 2.00. The van der Waals surface area contributed by atoms with Gasteiger partial charge >= 0.3 is 0 Å². The molecule has 15 heavy (non-hydrogen) atoms. The van der Waals surface area contributed by atoms with Crippen molar-refractivity contribution < 1.29 is 9.32 Å². The van der Waals surface area contributed by atoms with E-state index in [1.165, 1.54) is 0 Å². The number of nitrogens with one attached hydrogen (secondary N) is 1. The highest BCUT2D eigenvalue weighted by Crippen LogP contribution is 2.12. The molecule has 0 bridgehead atoms. The maximum atomic E-state index is 11.3. The molecule has 0 aromatic carbocycles. The topological polar surface area (TPSA) is 55.1 Å². The second-order valence-electron chi connectivity index (χ2n) is 4.00. The molecule has 0 radical (unpaired) electrons. The molecule has 0 atom stereocenters. The van der Waals surface area contributed by atoms with Crippen molar-refractivity contribution in [3.63, 3.8) is 0 Å². The van der Waals surface area contributed by atoms with Crippen LogP contribution in [0.3, 0.4) is 0 Å². The Morgan fingerprint density at radius 3 is 2.60 bits per heavy atom. The van der Waals surface area contributed by atoms with Crippen LogP contribution in [-0.2, 0) is 11.2 Å². The molecule has 0 saturated heterocycles. The Kier molecular flexibility index (Phi) is 3.88. The summed E-state index contributed by atoms with van der Waals surface area (Å²) in [6.07, 6.45) is 0.777. The Labute approximate surface area is 90.0 Å². The van der Waals surface area contributed by atoms with E-state index >= 15 is 0 Å². The lowest BCUT2D eigenvalue weighted by Gasteiger charge is -2.06. The van der Waals surface area contributed by atoms with Gasteiger partial charge in [0.15, 0.2) is 0 Å². The fraction of sp³-hybridized carbons (Fsp3) is 0.636. The smallest absolute Gasteiger partial charge is 0.222 e. The SMILES string of the molecule is Cc1noc(C)c1CCNC(=O)C(C)C. The molecule has 84 valence electrons. The summed E-state index contributed by atoms with van der Waals surface area (Å²) >= 11 is 0. The molecule has 0 saturated carbocycles. The van der Waals surface area contributed by atoms with E-state index in [9.17, 15) is 4.79 Å². The monoisotopic (exact) mass is 210 g/mol. The standard InChI is InChI=1S/C11H18N2O2/c1-7(2)11(14)12-6-5-10-8(3)13-15-9(10)4/h7H,5-6H2,1-4H3,(H,12,14). The largest absolute Gasteiger partial charge is 0.361 e. The van der Waals surface area contributed by atoms with Gasteiger partial charge in [-0.1, -0.05) is 19.0 Å². The molecule has 1 amide bonds. The van der Waals surface area contributed by atoms with Crippen molar-refractivity contribution in [1.29, 1.82) is 0 Å². The molecule has 4 heteroatoms. The average Bonchev–Trinajstić information content (AvgIpc) is 2.48. The van der Waals surface area contributed by atoms with Crippen LogP contribution < -0.4 is 5.32 Å². The van der Waals surface area contributed by atoms with Gasteiger partial charge in [0.1, 0.15) is 5.76 Å². The number of amides is 1. The van der Waals surface area contributed by atoms with Crippen LogP contribution in [0.25, 0.3) is 0 Å². The van der Waals surface area contributed by atoms with Crippen molar-refractivity contribution in [3.8, 4) is 0 Å². The van der Waals surface area contributed by atoms with E-state index in [2.05, 4.69) is 10.5 Å². The van der Waals surface area contributed by atoms with Crippen LogP contribution >= 0.6 is 0 Å². The summed E-state index contributed by atoms with van der Waals surface area (Å²) < 4.78 is 5.04. The third-order valence-corrected chi connectivity index (χ3v) is 2.38. The van der Waals surface area contributed by atoms with Crippen molar-refractivity contribution in [3.05, 3.63) is 17.0 Å². The lowest BCUT2D eigenvalue weighted by molar-refractivity contribution is -0.123. The molecule has 0 aliphatic carbocycles. The first-order valence-corrected chi connectivity index (χ1v) is 5.21. The van der Waals surface area contributed by atoms with Crippen molar-refractivity contribution in [2.45, 2.75) is 34.1 Å². The van der Waals surface area contributed by atoms with Gasteiger partial charge in [-0.25, -0.2) is 0 Å². The van der Waals surface area contributed by atoms with Crippen molar-refractivity contribution in [1.82, 2.24) is 10.5 Å². The Hall–Kier alpha value is -1.32. The Balaban J connectivity index is 2.41. The Morgan fingerprint density at radius 2 is 2.13 bits per heavy atom. The van der Waals surface area contributed by atoms with E-state index in [0.29, 0.717) is 6.54 Å². The van der Waals surface area contributed by atoms with E-state index in [-0.39, 0.29) is 11.8 Å². The highest BCUT2D eigenvalue weighted by molar-refractivity contribution is 5.77. The van der Waals surface area contributed by atoms with Crippen LogP contribution in [0.1, 0.15) is 30.9 Å². The number of rotatable bonds is 4. The molecule has 4 nitrogen and oxygen atoms in total. The van der Waals surface area contributed by atoms with Gasteiger partial charge in [0.05, 0.1) is 5.69 Å². The summed E-state index contributed by atoms with van der Waals surface area (Å²) in [4.78, 5) is 11.3. The number of hydrogen-bond acceptors (Lipinski definition) is 3. The quantitative estimate of drug-likeness (QED) is 0.821. The van der Waals surface area contributed by atoms with Crippen LogP contribution in [0.5, 0.6) is 0 Å². The summed E-state index contributed by atoms with van der Waals surface area (Å²) in [5, 5.41) is 6.73. The van der Waals surface area contributed by atoms with Crippen LogP contribution in [0.4, 0.5) is 0 Å². The summed E-state index contributed by atoms with van der Waals surface area (Å²) in [7, 11) is 0. The number of carbonyl (C=O) groups is 1. The van der Waals surface area contributed by atoms with Gasteiger partial charge in [-0.2, -0.15) is 0 Å². The molecule has 0 aliphatic heterocycles. The van der Waals surface area contributed by atoms with E-state index in [1.807, 2.05) is 27.7 Å². The van der Waals surface area contributed by atoms with Gasteiger partial charge < -0.3 is 9.84 Å². The minimum atomic E-state index is 0.0367.